The third-order valence-corrected chi connectivity index (χ3v) is 3.70. The average molecular weight is 331 g/mol. The number of aliphatic hydroxyl groups is 1. The van der Waals surface area contributed by atoms with Crippen molar-refractivity contribution in [2.75, 3.05) is 18.9 Å². The van der Waals surface area contributed by atoms with E-state index in [1.165, 1.54) is 0 Å². The van der Waals surface area contributed by atoms with E-state index in [0.717, 1.165) is 22.9 Å². The fourth-order valence-electron chi connectivity index (χ4n) is 2.33. The van der Waals surface area contributed by atoms with Crippen molar-refractivity contribution in [3.05, 3.63) is 41.5 Å². The van der Waals surface area contributed by atoms with E-state index in [1.807, 2.05) is 42.8 Å². The summed E-state index contributed by atoms with van der Waals surface area (Å²) in [7, 11) is 1.71. The lowest BCUT2D eigenvalue weighted by Gasteiger charge is -2.19. The summed E-state index contributed by atoms with van der Waals surface area (Å²) in [6.45, 7) is 6.60. The third-order valence-electron chi connectivity index (χ3n) is 3.70. The number of carbonyl (C=O) groups is 1. The SMILES string of the molecule is Cc1nc(C)n(Cc2cccc(NC(=O)N(C)CC[C@H](C)O)c2)n1. The van der Waals surface area contributed by atoms with Gasteiger partial charge in [-0.1, -0.05) is 12.1 Å². The van der Waals surface area contributed by atoms with Crippen LogP contribution >= 0.6 is 0 Å². The standard InChI is InChI=1S/C17H25N5O2/c1-12(23)8-9-21(4)17(24)19-16-7-5-6-15(10-16)11-22-14(3)18-13(2)20-22/h5-7,10,12,23H,8-9,11H2,1-4H3,(H,19,24)/t12-/m0/s1. The molecule has 2 aromatic rings. The van der Waals surface area contributed by atoms with Crippen LogP contribution in [0.4, 0.5) is 10.5 Å². The first kappa shape index (κ1) is 17.9. The van der Waals surface area contributed by atoms with Gasteiger partial charge in [0.15, 0.2) is 0 Å². The Hall–Kier alpha value is -2.41. The van der Waals surface area contributed by atoms with Crippen molar-refractivity contribution >= 4 is 11.7 Å². The molecule has 2 N–H and O–H groups in total. The Morgan fingerprint density at radius 3 is 2.79 bits per heavy atom. The summed E-state index contributed by atoms with van der Waals surface area (Å²) in [5.41, 5.74) is 1.77. The highest BCUT2D eigenvalue weighted by atomic mass is 16.3. The van der Waals surface area contributed by atoms with Crippen LogP contribution in [0.5, 0.6) is 0 Å². The number of nitrogens with zero attached hydrogens (tertiary/aromatic N) is 4. The lowest BCUT2D eigenvalue weighted by molar-refractivity contribution is 0.167. The molecule has 0 saturated carbocycles. The Bertz CT molecular complexity index is 696. The number of urea groups is 1. The van der Waals surface area contributed by atoms with Gasteiger partial charge in [-0.25, -0.2) is 14.5 Å². The van der Waals surface area contributed by atoms with E-state index in [4.69, 9.17) is 0 Å². The van der Waals surface area contributed by atoms with Gasteiger partial charge in [0.25, 0.3) is 0 Å². The molecule has 0 aliphatic heterocycles. The topological polar surface area (TPSA) is 83.3 Å². The number of benzene rings is 1. The van der Waals surface area contributed by atoms with E-state index < -0.39 is 6.10 Å². The number of hydrogen-bond acceptors (Lipinski definition) is 4. The maximum atomic E-state index is 12.2. The van der Waals surface area contributed by atoms with Crippen molar-refractivity contribution in [1.29, 1.82) is 0 Å². The second-order valence-corrected chi connectivity index (χ2v) is 6.05. The van der Waals surface area contributed by atoms with Gasteiger partial charge >= 0.3 is 6.03 Å². The number of aliphatic hydroxyl groups excluding tert-OH is 1. The predicted octanol–water partition coefficient (Wildman–Crippen LogP) is 2.18. The average Bonchev–Trinajstić information content (AvgIpc) is 2.82. The number of anilines is 1. The van der Waals surface area contributed by atoms with Crippen molar-refractivity contribution in [1.82, 2.24) is 19.7 Å². The molecular weight excluding hydrogens is 306 g/mol. The molecule has 1 heterocycles. The molecule has 0 unspecified atom stereocenters. The number of rotatable bonds is 6. The molecule has 0 aliphatic rings. The maximum absolute atomic E-state index is 12.2. The molecule has 2 rings (SSSR count). The normalized spacial score (nSPS) is 12.0. The van der Waals surface area contributed by atoms with Gasteiger partial charge in [0.1, 0.15) is 11.6 Å². The molecule has 0 fully saturated rings. The molecule has 0 spiro atoms. The van der Waals surface area contributed by atoms with Gasteiger partial charge in [0, 0.05) is 19.3 Å². The molecule has 1 aromatic carbocycles. The van der Waals surface area contributed by atoms with Crippen molar-refractivity contribution < 1.29 is 9.90 Å². The molecule has 2 amide bonds. The van der Waals surface area contributed by atoms with Crippen molar-refractivity contribution in [2.45, 2.75) is 39.8 Å². The van der Waals surface area contributed by atoms with Crippen LogP contribution in [0, 0.1) is 13.8 Å². The highest BCUT2D eigenvalue weighted by Crippen LogP contribution is 2.13. The molecule has 1 atom stereocenters. The number of nitrogens with one attached hydrogen (secondary N) is 1. The number of aromatic nitrogens is 3. The molecular formula is C17H25N5O2. The Labute approximate surface area is 142 Å². The minimum atomic E-state index is -0.419. The second kappa shape index (κ2) is 7.92. The molecule has 0 bridgehead atoms. The van der Waals surface area contributed by atoms with Gasteiger partial charge in [-0.3, -0.25) is 0 Å². The van der Waals surface area contributed by atoms with E-state index in [1.54, 1.807) is 18.9 Å². The molecule has 7 nitrogen and oxygen atoms in total. The van der Waals surface area contributed by atoms with E-state index in [9.17, 15) is 9.90 Å². The van der Waals surface area contributed by atoms with E-state index in [-0.39, 0.29) is 6.03 Å². The third kappa shape index (κ3) is 5.06. The summed E-state index contributed by atoms with van der Waals surface area (Å²) in [6.07, 6.45) is 0.132. The highest BCUT2D eigenvalue weighted by Gasteiger charge is 2.10. The molecule has 0 aliphatic carbocycles. The Morgan fingerprint density at radius 1 is 1.42 bits per heavy atom. The van der Waals surface area contributed by atoms with Gasteiger partial charge in [0.2, 0.25) is 0 Å². The first-order chi connectivity index (χ1) is 11.3. The summed E-state index contributed by atoms with van der Waals surface area (Å²) in [5, 5.41) is 16.5. The Morgan fingerprint density at radius 2 is 2.17 bits per heavy atom. The predicted molar refractivity (Wildman–Crippen MR) is 93.0 cm³/mol. The minimum absolute atomic E-state index is 0.194. The van der Waals surface area contributed by atoms with Gasteiger partial charge in [-0.15, -0.1) is 0 Å². The molecule has 24 heavy (non-hydrogen) atoms. The van der Waals surface area contributed by atoms with Gasteiger partial charge < -0.3 is 15.3 Å². The van der Waals surface area contributed by atoms with E-state index in [2.05, 4.69) is 15.4 Å². The molecule has 130 valence electrons. The largest absolute Gasteiger partial charge is 0.393 e. The fourth-order valence-corrected chi connectivity index (χ4v) is 2.33. The molecule has 7 heteroatoms. The van der Waals surface area contributed by atoms with Gasteiger partial charge in [-0.05, 0) is 44.9 Å². The lowest BCUT2D eigenvalue weighted by atomic mass is 10.2. The summed E-state index contributed by atoms with van der Waals surface area (Å²) < 4.78 is 1.84. The molecule has 0 radical (unpaired) electrons. The smallest absolute Gasteiger partial charge is 0.321 e. The van der Waals surface area contributed by atoms with E-state index in [0.29, 0.717) is 19.5 Å². The summed E-state index contributed by atoms with van der Waals surface area (Å²) >= 11 is 0. The zero-order chi connectivity index (χ0) is 17.7. The first-order valence-corrected chi connectivity index (χ1v) is 8.02. The van der Waals surface area contributed by atoms with Gasteiger partial charge in [-0.2, -0.15) is 5.10 Å². The van der Waals surface area contributed by atoms with Crippen LogP contribution in [0.1, 0.15) is 30.6 Å². The van der Waals surface area contributed by atoms with Crippen molar-refractivity contribution in [2.24, 2.45) is 0 Å². The lowest BCUT2D eigenvalue weighted by Crippen LogP contribution is -2.33. The van der Waals surface area contributed by atoms with Crippen LogP contribution in [0.25, 0.3) is 0 Å². The second-order valence-electron chi connectivity index (χ2n) is 6.05. The van der Waals surface area contributed by atoms with Crippen molar-refractivity contribution in [3.8, 4) is 0 Å². The quantitative estimate of drug-likeness (QED) is 0.850. The van der Waals surface area contributed by atoms with E-state index >= 15 is 0 Å². The van der Waals surface area contributed by atoms with Crippen LogP contribution in [0.15, 0.2) is 24.3 Å². The highest BCUT2D eigenvalue weighted by molar-refractivity contribution is 5.89. The van der Waals surface area contributed by atoms with Crippen LogP contribution in [-0.2, 0) is 6.54 Å². The summed E-state index contributed by atoms with van der Waals surface area (Å²) in [6, 6.07) is 7.48. The maximum Gasteiger partial charge on any atom is 0.321 e. The van der Waals surface area contributed by atoms with Crippen LogP contribution in [-0.4, -0.2) is 50.5 Å². The van der Waals surface area contributed by atoms with Crippen LogP contribution in [0.2, 0.25) is 0 Å². The molecule has 1 aromatic heterocycles. The number of hydrogen-bond donors (Lipinski definition) is 2. The van der Waals surface area contributed by atoms with Crippen molar-refractivity contribution in [3.63, 3.8) is 0 Å². The monoisotopic (exact) mass is 331 g/mol. The molecule has 0 saturated heterocycles. The number of aryl methyl sites for hydroxylation is 2. The summed E-state index contributed by atoms with van der Waals surface area (Å²) in [4.78, 5) is 18.0. The number of amides is 2. The Kier molecular flexibility index (Phi) is 5.92. The van der Waals surface area contributed by atoms with Crippen LogP contribution in [0.3, 0.4) is 0 Å². The zero-order valence-corrected chi connectivity index (χ0v) is 14.7. The van der Waals surface area contributed by atoms with Crippen LogP contribution < -0.4 is 5.32 Å². The number of carbonyl (C=O) groups excluding carboxylic acids is 1. The zero-order valence-electron chi connectivity index (χ0n) is 14.7. The fraction of sp³-hybridized carbons (Fsp3) is 0.471. The first-order valence-electron chi connectivity index (χ1n) is 8.02. The Balaban J connectivity index is 1.99. The minimum Gasteiger partial charge on any atom is -0.393 e. The van der Waals surface area contributed by atoms with Gasteiger partial charge in [0.05, 0.1) is 12.6 Å². The summed E-state index contributed by atoms with van der Waals surface area (Å²) in [5.74, 6) is 1.61.